The molecular weight excluding hydrogens is 342 g/mol. The lowest BCUT2D eigenvalue weighted by Crippen LogP contribution is -2.39. The van der Waals surface area contributed by atoms with Crippen LogP contribution in [0, 0.1) is 10.1 Å². The topological polar surface area (TPSA) is 75.5 Å². The van der Waals surface area contributed by atoms with Gasteiger partial charge in [-0.1, -0.05) is 24.3 Å². The molecule has 1 saturated heterocycles. The maximum Gasteiger partial charge on any atom is 0.270 e. The molecule has 1 unspecified atom stereocenters. The fourth-order valence-electron chi connectivity index (χ4n) is 4.14. The molecule has 0 radical (unpaired) electrons. The number of carbonyl (C=O) groups excluding carboxylic acids is 1. The maximum absolute atomic E-state index is 13.0. The molecule has 1 amide bonds. The number of aryl methyl sites for hydroxylation is 1. The predicted molar refractivity (Wildman–Crippen MR) is 104 cm³/mol. The van der Waals surface area contributed by atoms with E-state index in [0.717, 1.165) is 50.9 Å². The maximum atomic E-state index is 13.0. The smallest absolute Gasteiger partial charge is 0.270 e. The number of nitro benzene ring substituents is 1. The minimum Gasteiger partial charge on any atom is -0.371 e. The van der Waals surface area contributed by atoms with Gasteiger partial charge in [0.15, 0.2) is 0 Å². The molecule has 0 aromatic heterocycles. The Kier molecular flexibility index (Phi) is 4.79. The van der Waals surface area contributed by atoms with Crippen LogP contribution in [0.25, 0.3) is 0 Å². The van der Waals surface area contributed by atoms with Crippen molar-refractivity contribution in [3.05, 3.63) is 69.3 Å². The molecule has 140 valence electrons. The fraction of sp³-hybridized carbons (Fsp3) is 0.381. The highest BCUT2D eigenvalue weighted by molar-refractivity contribution is 6.00. The summed E-state index contributed by atoms with van der Waals surface area (Å²) in [5.74, 6) is -0.218. The van der Waals surface area contributed by atoms with Crippen molar-refractivity contribution in [1.82, 2.24) is 5.32 Å². The van der Waals surface area contributed by atoms with Gasteiger partial charge in [0.05, 0.1) is 16.2 Å². The summed E-state index contributed by atoms with van der Waals surface area (Å²) in [5.41, 5.74) is 3.78. The molecule has 6 nitrogen and oxygen atoms in total. The Labute approximate surface area is 158 Å². The zero-order valence-electron chi connectivity index (χ0n) is 15.2. The van der Waals surface area contributed by atoms with Crippen molar-refractivity contribution in [2.75, 3.05) is 18.0 Å². The minimum absolute atomic E-state index is 0.0444. The van der Waals surface area contributed by atoms with Crippen LogP contribution in [0.3, 0.4) is 0 Å². The summed E-state index contributed by atoms with van der Waals surface area (Å²) >= 11 is 0. The molecule has 1 aliphatic heterocycles. The second-order valence-corrected chi connectivity index (χ2v) is 7.33. The van der Waals surface area contributed by atoms with E-state index in [1.807, 2.05) is 12.1 Å². The molecule has 1 aliphatic carbocycles. The van der Waals surface area contributed by atoms with Crippen molar-refractivity contribution in [1.29, 1.82) is 0 Å². The molecule has 1 fully saturated rings. The molecule has 0 spiro atoms. The van der Waals surface area contributed by atoms with Gasteiger partial charge in [0.25, 0.3) is 11.6 Å². The van der Waals surface area contributed by atoms with Crippen LogP contribution < -0.4 is 10.2 Å². The largest absolute Gasteiger partial charge is 0.371 e. The van der Waals surface area contributed by atoms with Gasteiger partial charge >= 0.3 is 0 Å². The zero-order chi connectivity index (χ0) is 18.8. The first kappa shape index (κ1) is 17.5. The van der Waals surface area contributed by atoms with Crippen LogP contribution in [0.15, 0.2) is 42.5 Å². The molecule has 2 aromatic carbocycles. The van der Waals surface area contributed by atoms with Crippen LogP contribution in [0.1, 0.15) is 40.7 Å². The highest BCUT2D eigenvalue weighted by Gasteiger charge is 2.25. The highest BCUT2D eigenvalue weighted by Crippen LogP contribution is 2.29. The van der Waals surface area contributed by atoms with E-state index in [0.29, 0.717) is 5.56 Å². The van der Waals surface area contributed by atoms with Crippen LogP contribution in [0.5, 0.6) is 0 Å². The van der Waals surface area contributed by atoms with E-state index in [-0.39, 0.29) is 17.6 Å². The van der Waals surface area contributed by atoms with Gasteiger partial charge in [0, 0.05) is 31.3 Å². The van der Waals surface area contributed by atoms with Gasteiger partial charge in [-0.25, -0.2) is 0 Å². The molecular formula is C21H23N3O3. The summed E-state index contributed by atoms with van der Waals surface area (Å²) in [6, 6.07) is 13.0. The second kappa shape index (κ2) is 7.39. The Morgan fingerprint density at radius 2 is 1.85 bits per heavy atom. The first-order chi connectivity index (χ1) is 13.1. The van der Waals surface area contributed by atoms with Gasteiger partial charge in [-0.05, 0) is 49.3 Å². The molecule has 0 saturated carbocycles. The SMILES string of the molecule is O=C(NC1CCc2ccccc2C1)c1cc([N+](=O)[O-])ccc1N1CCCC1. The lowest BCUT2D eigenvalue weighted by atomic mass is 9.88. The lowest BCUT2D eigenvalue weighted by molar-refractivity contribution is -0.384. The quantitative estimate of drug-likeness (QED) is 0.665. The van der Waals surface area contributed by atoms with E-state index in [9.17, 15) is 14.9 Å². The van der Waals surface area contributed by atoms with Crippen LogP contribution in [-0.4, -0.2) is 30.0 Å². The van der Waals surface area contributed by atoms with Gasteiger partial charge < -0.3 is 10.2 Å². The van der Waals surface area contributed by atoms with Gasteiger partial charge in [-0.2, -0.15) is 0 Å². The van der Waals surface area contributed by atoms with E-state index in [4.69, 9.17) is 0 Å². The number of fused-ring (bicyclic) bond motifs is 1. The standard InChI is InChI=1S/C21H23N3O3/c25-21(22-17-8-7-15-5-1-2-6-16(15)13-17)19-14-18(24(26)27)9-10-20(19)23-11-3-4-12-23/h1-2,5-6,9-10,14,17H,3-4,7-8,11-13H2,(H,22,25). The fourth-order valence-corrected chi connectivity index (χ4v) is 4.14. The third-order valence-electron chi connectivity index (χ3n) is 5.56. The van der Waals surface area contributed by atoms with Crippen molar-refractivity contribution < 1.29 is 9.72 Å². The third kappa shape index (κ3) is 3.65. The first-order valence-corrected chi connectivity index (χ1v) is 9.53. The second-order valence-electron chi connectivity index (χ2n) is 7.33. The summed E-state index contributed by atoms with van der Waals surface area (Å²) in [6.07, 6.45) is 4.79. The molecule has 27 heavy (non-hydrogen) atoms. The number of nitrogens with zero attached hydrogens (tertiary/aromatic N) is 2. The monoisotopic (exact) mass is 365 g/mol. The minimum atomic E-state index is -0.443. The molecule has 6 heteroatoms. The average Bonchev–Trinajstić information content (AvgIpc) is 3.22. The Bertz CT molecular complexity index is 875. The molecule has 1 heterocycles. The number of nitrogens with one attached hydrogen (secondary N) is 1. The number of amides is 1. The van der Waals surface area contributed by atoms with Gasteiger partial charge in [0.1, 0.15) is 0 Å². The number of non-ortho nitro benzene ring substituents is 1. The van der Waals surface area contributed by atoms with Crippen molar-refractivity contribution in [2.45, 2.75) is 38.1 Å². The lowest BCUT2D eigenvalue weighted by Gasteiger charge is -2.27. The summed E-state index contributed by atoms with van der Waals surface area (Å²) in [7, 11) is 0. The molecule has 2 aliphatic rings. The van der Waals surface area contributed by atoms with E-state index in [1.54, 1.807) is 6.07 Å². The first-order valence-electron chi connectivity index (χ1n) is 9.53. The number of hydrogen-bond acceptors (Lipinski definition) is 4. The Balaban J connectivity index is 1.57. The average molecular weight is 365 g/mol. The number of nitro groups is 1. The Morgan fingerprint density at radius 1 is 1.11 bits per heavy atom. The van der Waals surface area contributed by atoms with E-state index >= 15 is 0 Å². The molecule has 1 N–H and O–H groups in total. The number of anilines is 1. The number of hydrogen-bond donors (Lipinski definition) is 1. The Morgan fingerprint density at radius 3 is 2.59 bits per heavy atom. The van der Waals surface area contributed by atoms with Crippen LogP contribution >= 0.6 is 0 Å². The van der Waals surface area contributed by atoms with Crippen molar-refractivity contribution in [3.63, 3.8) is 0 Å². The zero-order valence-corrected chi connectivity index (χ0v) is 15.2. The van der Waals surface area contributed by atoms with Crippen molar-refractivity contribution in [2.24, 2.45) is 0 Å². The predicted octanol–water partition coefficient (Wildman–Crippen LogP) is 3.48. The number of carbonyl (C=O) groups is 1. The summed E-state index contributed by atoms with van der Waals surface area (Å²) in [6.45, 7) is 1.77. The summed E-state index contributed by atoms with van der Waals surface area (Å²) in [5, 5.41) is 14.3. The number of rotatable bonds is 4. The van der Waals surface area contributed by atoms with E-state index in [2.05, 4.69) is 22.3 Å². The molecule has 4 rings (SSSR count). The number of benzene rings is 2. The summed E-state index contributed by atoms with van der Waals surface area (Å²) in [4.78, 5) is 25.9. The van der Waals surface area contributed by atoms with E-state index < -0.39 is 4.92 Å². The van der Waals surface area contributed by atoms with Crippen molar-refractivity contribution >= 4 is 17.3 Å². The van der Waals surface area contributed by atoms with Crippen LogP contribution in [0.4, 0.5) is 11.4 Å². The highest BCUT2D eigenvalue weighted by atomic mass is 16.6. The van der Waals surface area contributed by atoms with Gasteiger partial charge in [0.2, 0.25) is 0 Å². The third-order valence-corrected chi connectivity index (χ3v) is 5.56. The van der Waals surface area contributed by atoms with Gasteiger partial charge in [-0.3, -0.25) is 14.9 Å². The molecule has 1 atom stereocenters. The summed E-state index contributed by atoms with van der Waals surface area (Å²) < 4.78 is 0. The molecule has 0 bridgehead atoms. The van der Waals surface area contributed by atoms with Crippen molar-refractivity contribution in [3.8, 4) is 0 Å². The van der Waals surface area contributed by atoms with E-state index in [1.165, 1.54) is 23.3 Å². The normalized spacial score (nSPS) is 18.8. The Hall–Kier alpha value is -2.89. The van der Waals surface area contributed by atoms with Gasteiger partial charge in [-0.15, -0.1) is 0 Å². The van der Waals surface area contributed by atoms with Crippen LogP contribution in [-0.2, 0) is 12.8 Å². The molecule has 2 aromatic rings. The van der Waals surface area contributed by atoms with Crippen LogP contribution in [0.2, 0.25) is 0 Å².